The van der Waals surface area contributed by atoms with Gasteiger partial charge in [-0.2, -0.15) is 0 Å². The Morgan fingerprint density at radius 3 is 2.37 bits per heavy atom. The number of benzene rings is 2. The first kappa shape index (κ1) is 25.1. The van der Waals surface area contributed by atoms with Crippen LogP contribution in [0.2, 0.25) is 10.0 Å². The van der Waals surface area contributed by atoms with E-state index in [9.17, 15) is 4.79 Å². The van der Waals surface area contributed by atoms with Gasteiger partial charge in [-0.15, -0.1) is 0 Å². The molecule has 0 unspecified atom stereocenters. The van der Waals surface area contributed by atoms with E-state index < -0.39 is 0 Å². The highest BCUT2D eigenvalue weighted by molar-refractivity contribution is 6.34. The average Bonchev–Trinajstić information content (AvgIpc) is 3.22. The molecular formula is C28H29Cl2N3O2. The molecule has 182 valence electrons. The SMILES string of the molecule is CCCN(CCC)C(=O)Cc1c(-c2c(Cl)cccc2-c2ccc(Cl)cc2)nc2c(OC)cccn12. The van der Waals surface area contributed by atoms with Crippen molar-refractivity contribution in [3.05, 3.63) is 76.5 Å². The summed E-state index contributed by atoms with van der Waals surface area (Å²) in [6.07, 6.45) is 3.93. The standard InChI is InChI=1S/C28H29Cl2N3O2/c1-4-15-32(16-5-2)25(34)18-23-27(31-28-24(35-3)10-7-17-33(23)28)26-21(8-6-9-22(26)30)19-11-13-20(29)14-12-19/h6-14,17H,4-5,15-16,18H2,1-3H3. The lowest BCUT2D eigenvalue weighted by Crippen LogP contribution is -2.34. The van der Waals surface area contributed by atoms with Gasteiger partial charge in [-0.25, -0.2) is 4.98 Å². The Kier molecular flexibility index (Phi) is 7.99. The molecule has 0 aliphatic carbocycles. The van der Waals surface area contributed by atoms with Crippen LogP contribution in [0.5, 0.6) is 5.75 Å². The predicted octanol–water partition coefficient (Wildman–Crippen LogP) is 7.17. The minimum Gasteiger partial charge on any atom is -0.493 e. The molecule has 2 aromatic carbocycles. The van der Waals surface area contributed by atoms with E-state index in [2.05, 4.69) is 13.8 Å². The number of pyridine rings is 1. The monoisotopic (exact) mass is 509 g/mol. The highest BCUT2D eigenvalue weighted by Crippen LogP contribution is 2.40. The van der Waals surface area contributed by atoms with Gasteiger partial charge >= 0.3 is 0 Å². The first-order valence-electron chi connectivity index (χ1n) is 11.8. The van der Waals surface area contributed by atoms with Crippen molar-refractivity contribution in [3.63, 3.8) is 0 Å². The number of imidazole rings is 1. The first-order valence-corrected chi connectivity index (χ1v) is 12.6. The fraction of sp³-hybridized carbons (Fsp3) is 0.286. The van der Waals surface area contributed by atoms with Crippen LogP contribution in [0.3, 0.4) is 0 Å². The van der Waals surface area contributed by atoms with Crippen molar-refractivity contribution < 1.29 is 9.53 Å². The van der Waals surface area contributed by atoms with Crippen LogP contribution in [0.25, 0.3) is 28.0 Å². The van der Waals surface area contributed by atoms with E-state index >= 15 is 0 Å². The summed E-state index contributed by atoms with van der Waals surface area (Å²) in [6, 6.07) is 17.2. The molecule has 7 heteroatoms. The molecule has 4 rings (SSSR count). The molecule has 0 radical (unpaired) electrons. The van der Waals surface area contributed by atoms with E-state index in [-0.39, 0.29) is 12.3 Å². The maximum absolute atomic E-state index is 13.5. The van der Waals surface area contributed by atoms with Crippen molar-refractivity contribution >= 4 is 34.8 Å². The third-order valence-electron chi connectivity index (χ3n) is 6.00. The number of aromatic nitrogens is 2. The number of carbonyl (C=O) groups is 1. The van der Waals surface area contributed by atoms with Crippen molar-refractivity contribution in [2.45, 2.75) is 33.1 Å². The molecule has 0 aliphatic heterocycles. The van der Waals surface area contributed by atoms with Crippen LogP contribution >= 0.6 is 23.2 Å². The molecule has 4 aromatic rings. The second-order valence-corrected chi connectivity index (χ2v) is 9.25. The van der Waals surface area contributed by atoms with Crippen molar-refractivity contribution in [1.29, 1.82) is 0 Å². The predicted molar refractivity (Wildman–Crippen MR) is 144 cm³/mol. The molecule has 0 N–H and O–H groups in total. The maximum Gasteiger partial charge on any atom is 0.228 e. The second-order valence-electron chi connectivity index (χ2n) is 8.40. The van der Waals surface area contributed by atoms with Gasteiger partial charge in [-0.1, -0.05) is 61.3 Å². The molecular weight excluding hydrogens is 481 g/mol. The van der Waals surface area contributed by atoms with E-state index in [4.69, 9.17) is 32.9 Å². The third-order valence-corrected chi connectivity index (χ3v) is 6.56. The second kappa shape index (κ2) is 11.1. The van der Waals surface area contributed by atoms with Crippen LogP contribution in [0.1, 0.15) is 32.4 Å². The Balaban J connectivity index is 1.93. The highest BCUT2D eigenvalue weighted by Gasteiger charge is 2.25. The Labute approximate surface area is 216 Å². The lowest BCUT2D eigenvalue weighted by molar-refractivity contribution is -0.130. The number of halogens is 2. The summed E-state index contributed by atoms with van der Waals surface area (Å²) in [4.78, 5) is 20.4. The Morgan fingerprint density at radius 2 is 1.71 bits per heavy atom. The zero-order chi connectivity index (χ0) is 24.9. The Hall–Kier alpha value is -3.02. The topological polar surface area (TPSA) is 46.8 Å². The molecule has 0 atom stereocenters. The lowest BCUT2D eigenvalue weighted by atomic mass is 9.96. The van der Waals surface area contributed by atoms with E-state index in [0.717, 1.165) is 48.3 Å². The summed E-state index contributed by atoms with van der Waals surface area (Å²) < 4.78 is 7.53. The van der Waals surface area contributed by atoms with E-state index in [1.54, 1.807) is 7.11 Å². The lowest BCUT2D eigenvalue weighted by Gasteiger charge is -2.22. The number of amides is 1. The largest absolute Gasteiger partial charge is 0.493 e. The fourth-order valence-electron chi connectivity index (χ4n) is 4.41. The zero-order valence-electron chi connectivity index (χ0n) is 20.2. The number of rotatable bonds is 9. The normalized spacial score (nSPS) is 11.1. The number of nitrogens with zero attached hydrogens (tertiary/aromatic N) is 3. The summed E-state index contributed by atoms with van der Waals surface area (Å²) in [5.74, 6) is 0.700. The fourth-order valence-corrected chi connectivity index (χ4v) is 4.80. The minimum atomic E-state index is 0.0691. The molecule has 0 bridgehead atoms. The molecule has 0 fully saturated rings. The Bertz CT molecular complexity index is 1330. The van der Waals surface area contributed by atoms with Gasteiger partial charge in [-0.3, -0.25) is 9.20 Å². The molecule has 35 heavy (non-hydrogen) atoms. The average molecular weight is 510 g/mol. The number of ether oxygens (including phenoxy) is 1. The van der Waals surface area contributed by atoms with Crippen LogP contribution in [0.15, 0.2) is 60.8 Å². The molecule has 0 aliphatic rings. The van der Waals surface area contributed by atoms with Gasteiger partial charge in [0, 0.05) is 29.9 Å². The van der Waals surface area contributed by atoms with Crippen LogP contribution < -0.4 is 4.74 Å². The smallest absolute Gasteiger partial charge is 0.228 e. The van der Waals surface area contributed by atoms with Crippen LogP contribution in [-0.2, 0) is 11.2 Å². The van der Waals surface area contributed by atoms with E-state index in [0.29, 0.717) is 27.1 Å². The van der Waals surface area contributed by atoms with Gasteiger partial charge in [0.25, 0.3) is 0 Å². The molecule has 5 nitrogen and oxygen atoms in total. The number of hydrogen-bond donors (Lipinski definition) is 0. The van der Waals surface area contributed by atoms with E-state index in [1.807, 2.05) is 70.1 Å². The van der Waals surface area contributed by atoms with Crippen LogP contribution in [0, 0.1) is 0 Å². The molecule has 2 aromatic heterocycles. The van der Waals surface area contributed by atoms with Gasteiger partial charge in [0.05, 0.1) is 29.9 Å². The van der Waals surface area contributed by atoms with Gasteiger partial charge in [0.15, 0.2) is 11.4 Å². The maximum atomic E-state index is 13.5. The highest BCUT2D eigenvalue weighted by atomic mass is 35.5. The zero-order valence-corrected chi connectivity index (χ0v) is 21.7. The van der Waals surface area contributed by atoms with Gasteiger partial charge in [0.2, 0.25) is 5.91 Å². The Morgan fingerprint density at radius 1 is 1.00 bits per heavy atom. The van der Waals surface area contributed by atoms with Gasteiger partial charge in [0.1, 0.15) is 0 Å². The number of hydrogen-bond acceptors (Lipinski definition) is 3. The molecule has 0 saturated heterocycles. The van der Waals surface area contributed by atoms with Crippen molar-refractivity contribution in [2.75, 3.05) is 20.2 Å². The van der Waals surface area contributed by atoms with Crippen molar-refractivity contribution in [3.8, 4) is 28.1 Å². The van der Waals surface area contributed by atoms with E-state index in [1.165, 1.54) is 0 Å². The summed E-state index contributed by atoms with van der Waals surface area (Å²) in [7, 11) is 1.62. The van der Waals surface area contributed by atoms with Crippen LogP contribution in [0.4, 0.5) is 0 Å². The summed E-state index contributed by atoms with van der Waals surface area (Å²) >= 11 is 13.0. The molecule has 0 spiro atoms. The first-order chi connectivity index (χ1) is 17.0. The summed E-state index contributed by atoms with van der Waals surface area (Å²) in [6.45, 7) is 5.62. The molecule has 0 saturated carbocycles. The minimum absolute atomic E-state index is 0.0691. The number of carbonyl (C=O) groups excluding carboxylic acids is 1. The van der Waals surface area contributed by atoms with Gasteiger partial charge < -0.3 is 9.64 Å². The third kappa shape index (κ3) is 5.16. The van der Waals surface area contributed by atoms with Crippen molar-refractivity contribution in [1.82, 2.24) is 14.3 Å². The summed E-state index contributed by atoms with van der Waals surface area (Å²) in [5, 5.41) is 1.22. The number of methoxy groups -OCH3 is 1. The van der Waals surface area contributed by atoms with Gasteiger partial charge in [-0.05, 0) is 54.3 Å². The van der Waals surface area contributed by atoms with Crippen LogP contribution in [-0.4, -0.2) is 40.4 Å². The molecule has 1 amide bonds. The number of fused-ring (bicyclic) bond motifs is 1. The quantitative estimate of drug-likeness (QED) is 0.240. The summed E-state index contributed by atoms with van der Waals surface area (Å²) in [5.41, 5.74) is 4.77. The van der Waals surface area contributed by atoms with Crippen molar-refractivity contribution in [2.24, 2.45) is 0 Å². The molecule has 2 heterocycles.